The summed E-state index contributed by atoms with van der Waals surface area (Å²) in [6, 6.07) is 14.9. The van der Waals surface area contributed by atoms with Crippen molar-refractivity contribution < 1.29 is 9.90 Å². The Morgan fingerprint density at radius 3 is 2.65 bits per heavy atom. The van der Waals surface area contributed by atoms with Gasteiger partial charge >= 0.3 is 5.97 Å². The first-order valence-electron chi connectivity index (χ1n) is 9.10. The van der Waals surface area contributed by atoms with E-state index in [4.69, 9.17) is 5.11 Å². The van der Waals surface area contributed by atoms with Gasteiger partial charge in [-0.05, 0) is 47.7 Å². The second kappa shape index (κ2) is 6.92. The molecule has 1 N–H and O–H groups in total. The largest absolute Gasteiger partial charge is 0.476 e. The van der Waals surface area contributed by atoms with Gasteiger partial charge in [0.2, 0.25) is 0 Å². The number of aryl methyl sites for hydroxylation is 1. The Labute approximate surface area is 152 Å². The van der Waals surface area contributed by atoms with Gasteiger partial charge in [-0.2, -0.15) is 5.10 Å². The molecule has 1 fully saturated rings. The average Bonchev–Trinajstić information content (AvgIpc) is 3.15. The number of fused-ring (bicyclic) bond motifs is 1. The normalized spacial score (nSPS) is 16.2. The minimum Gasteiger partial charge on any atom is -0.476 e. The summed E-state index contributed by atoms with van der Waals surface area (Å²) in [4.78, 5) is 13.5. The lowest BCUT2D eigenvalue weighted by atomic mass is 9.98. The van der Waals surface area contributed by atoms with Crippen molar-refractivity contribution in [3.05, 3.63) is 65.5 Å². The highest BCUT2D eigenvalue weighted by Crippen LogP contribution is 2.26. The van der Waals surface area contributed by atoms with E-state index >= 15 is 0 Å². The van der Waals surface area contributed by atoms with E-state index in [2.05, 4.69) is 53.3 Å². The molecule has 1 aromatic heterocycles. The SMILES string of the molecule is Cc1c(CN2CCC(n3ccc(C(=O)O)n3)CC2)ccc2ccccc12. The molecule has 1 saturated heterocycles. The van der Waals surface area contributed by atoms with Crippen molar-refractivity contribution in [2.24, 2.45) is 0 Å². The van der Waals surface area contributed by atoms with Crippen LogP contribution in [0.5, 0.6) is 0 Å². The first-order valence-corrected chi connectivity index (χ1v) is 9.10. The number of carboxylic acids is 1. The van der Waals surface area contributed by atoms with E-state index < -0.39 is 5.97 Å². The standard InChI is InChI=1S/C21H23N3O2/c1-15-17(7-6-16-4-2-3-5-19(15)16)14-23-11-8-18(9-12-23)24-13-10-20(22-24)21(25)26/h2-7,10,13,18H,8-9,11-12,14H2,1H3,(H,25,26). The number of likely N-dealkylation sites (tertiary alicyclic amines) is 1. The van der Waals surface area contributed by atoms with Crippen LogP contribution in [0.3, 0.4) is 0 Å². The molecule has 2 heterocycles. The van der Waals surface area contributed by atoms with Crippen LogP contribution in [0.1, 0.15) is 40.5 Å². The fraction of sp³-hybridized carbons (Fsp3) is 0.333. The monoisotopic (exact) mass is 349 g/mol. The molecule has 0 unspecified atom stereocenters. The molecule has 0 bridgehead atoms. The van der Waals surface area contributed by atoms with Crippen molar-refractivity contribution in [3.8, 4) is 0 Å². The number of carboxylic acid groups (broad SMARTS) is 1. The first kappa shape index (κ1) is 16.8. The molecule has 2 aromatic carbocycles. The van der Waals surface area contributed by atoms with Crippen LogP contribution >= 0.6 is 0 Å². The van der Waals surface area contributed by atoms with Gasteiger partial charge < -0.3 is 5.11 Å². The molecule has 0 spiro atoms. The number of piperidine rings is 1. The van der Waals surface area contributed by atoms with Crippen molar-refractivity contribution in [2.45, 2.75) is 32.4 Å². The maximum Gasteiger partial charge on any atom is 0.356 e. The lowest BCUT2D eigenvalue weighted by Crippen LogP contribution is -2.34. The molecule has 1 aliphatic rings. The maximum absolute atomic E-state index is 11.0. The summed E-state index contributed by atoms with van der Waals surface area (Å²) in [5, 5.41) is 15.8. The third-order valence-electron chi connectivity index (χ3n) is 5.46. The van der Waals surface area contributed by atoms with Crippen molar-refractivity contribution in [2.75, 3.05) is 13.1 Å². The number of aromatic carboxylic acids is 1. The third kappa shape index (κ3) is 3.22. The van der Waals surface area contributed by atoms with Crippen LogP contribution in [0.2, 0.25) is 0 Å². The number of carbonyl (C=O) groups is 1. The molecule has 1 aliphatic heterocycles. The van der Waals surface area contributed by atoms with Gasteiger partial charge in [0.05, 0.1) is 6.04 Å². The Bertz CT molecular complexity index is 939. The van der Waals surface area contributed by atoms with Gasteiger partial charge in [0.15, 0.2) is 5.69 Å². The van der Waals surface area contributed by atoms with E-state index in [9.17, 15) is 4.79 Å². The van der Waals surface area contributed by atoms with E-state index in [1.165, 1.54) is 21.9 Å². The molecule has 0 amide bonds. The second-order valence-corrected chi connectivity index (χ2v) is 7.06. The Hall–Kier alpha value is -2.66. The Morgan fingerprint density at radius 1 is 1.15 bits per heavy atom. The van der Waals surface area contributed by atoms with Gasteiger partial charge in [0, 0.05) is 25.8 Å². The zero-order valence-corrected chi connectivity index (χ0v) is 14.9. The lowest BCUT2D eigenvalue weighted by molar-refractivity contribution is 0.0688. The summed E-state index contributed by atoms with van der Waals surface area (Å²) in [5.41, 5.74) is 2.87. The predicted molar refractivity (Wildman–Crippen MR) is 101 cm³/mol. The Balaban J connectivity index is 1.42. The molecule has 0 saturated carbocycles. The molecular formula is C21H23N3O2. The highest BCUT2D eigenvalue weighted by Gasteiger charge is 2.22. The summed E-state index contributed by atoms with van der Waals surface area (Å²) in [7, 11) is 0. The molecule has 4 rings (SSSR count). The van der Waals surface area contributed by atoms with Gasteiger partial charge in [-0.1, -0.05) is 36.4 Å². The molecule has 3 aromatic rings. The molecule has 0 atom stereocenters. The quantitative estimate of drug-likeness (QED) is 0.776. The Morgan fingerprint density at radius 2 is 1.92 bits per heavy atom. The van der Waals surface area contributed by atoms with Crippen molar-refractivity contribution in [3.63, 3.8) is 0 Å². The third-order valence-corrected chi connectivity index (χ3v) is 5.46. The van der Waals surface area contributed by atoms with Gasteiger partial charge in [-0.25, -0.2) is 4.79 Å². The van der Waals surface area contributed by atoms with Crippen LogP contribution in [0.4, 0.5) is 0 Å². The molecule has 0 radical (unpaired) electrons. The zero-order chi connectivity index (χ0) is 18.1. The average molecular weight is 349 g/mol. The van der Waals surface area contributed by atoms with Gasteiger partial charge in [0.1, 0.15) is 0 Å². The smallest absolute Gasteiger partial charge is 0.356 e. The van der Waals surface area contributed by atoms with Crippen LogP contribution in [-0.4, -0.2) is 38.8 Å². The molecule has 5 heteroatoms. The van der Waals surface area contributed by atoms with Gasteiger partial charge in [0.25, 0.3) is 0 Å². The van der Waals surface area contributed by atoms with Crippen molar-refractivity contribution in [1.29, 1.82) is 0 Å². The molecule has 26 heavy (non-hydrogen) atoms. The zero-order valence-electron chi connectivity index (χ0n) is 14.9. The van der Waals surface area contributed by atoms with Gasteiger partial charge in [-0.15, -0.1) is 0 Å². The summed E-state index contributed by atoms with van der Waals surface area (Å²) in [6.45, 7) is 5.17. The maximum atomic E-state index is 11.0. The highest BCUT2D eigenvalue weighted by atomic mass is 16.4. The number of nitrogens with zero attached hydrogens (tertiary/aromatic N) is 3. The number of aromatic nitrogens is 2. The number of benzene rings is 2. The predicted octanol–water partition coefficient (Wildman–Crippen LogP) is 3.88. The fourth-order valence-electron chi connectivity index (χ4n) is 3.88. The highest BCUT2D eigenvalue weighted by molar-refractivity contribution is 5.86. The van der Waals surface area contributed by atoms with Crippen LogP contribution < -0.4 is 0 Å². The topological polar surface area (TPSA) is 58.4 Å². The van der Waals surface area contributed by atoms with Crippen molar-refractivity contribution in [1.82, 2.24) is 14.7 Å². The number of hydrogen-bond donors (Lipinski definition) is 1. The van der Waals surface area contributed by atoms with Gasteiger partial charge in [-0.3, -0.25) is 9.58 Å². The molecular weight excluding hydrogens is 326 g/mol. The number of hydrogen-bond acceptors (Lipinski definition) is 3. The van der Waals surface area contributed by atoms with E-state index in [-0.39, 0.29) is 11.7 Å². The lowest BCUT2D eigenvalue weighted by Gasteiger charge is -2.32. The Kier molecular flexibility index (Phi) is 4.47. The summed E-state index contributed by atoms with van der Waals surface area (Å²) < 4.78 is 1.82. The second-order valence-electron chi connectivity index (χ2n) is 7.06. The summed E-state index contributed by atoms with van der Waals surface area (Å²) in [5.74, 6) is -0.965. The van der Waals surface area contributed by atoms with Crippen molar-refractivity contribution >= 4 is 16.7 Å². The minimum absolute atomic E-state index is 0.124. The molecule has 5 nitrogen and oxygen atoms in total. The van der Waals surface area contributed by atoms with Crippen LogP contribution in [0, 0.1) is 6.92 Å². The molecule has 0 aliphatic carbocycles. The molecule has 134 valence electrons. The van der Waals surface area contributed by atoms with E-state index in [0.717, 1.165) is 32.5 Å². The van der Waals surface area contributed by atoms with Crippen LogP contribution in [0.15, 0.2) is 48.7 Å². The van der Waals surface area contributed by atoms with Crippen LogP contribution in [-0.2, 0) is 6.54 Å². The van der Waals surface area contributed by atoms with E-state index in [0.29, 0.717) is 0 Å². The number of rotatable bonds is 4. The summed E-state index contributed by atoms with van der Waals surface area (Å²) in [6.07, 6.45) is 3.78. The first-order chi connectivity index (χ1) is 12.6. The van der Waals surface area contributed by atoms with E-state index in [1.54, 1.807) is 12.3 Å². The fourth-order valence-corrected chi connectivity index (χ4v) is 3.88. The van der Waals surface area contributed by atoms with E-state index in [1.807, 2.05) is 4.68 Å². The summed E-state index contributed by atoms with van der Waals surface area (Å²) >= 11 is 0. The minimum atomic E-state index is -0.965. The van der Waals surface area contributed by atoms with Crippen LogP contribution in [0.25, 0.3) is 10.8 Å².